The van der Waals surface area contributed by atoms with E-state index in [9.17, 15) is 4.79 Å². The van der Waals surface area contributed by atoms with E-state index in [1.54, 1.807) is 23.1 Å². The van der Waals surface area contributed by atoms with Gasteiger partial charge < -0.3 is 5.32 Å². The number of fused-ring (bicyclic) bond motifs is 1. The maximum absolute atomic E-state index is 12.5. The summed E-state index contributed by atoms with van der Waals surface area (Å²) in [5, 5.41) is 9.10. The van der Waals surface area contributed by atoms with Gasteiger partial charge in [-0.15, -0.1) is 0 Å². The maximum atomic E-state index is 12.5. The molecule has 4 aromatic rings. The lowest BCUT2D eigenvalue weighted by Gasteiger charge is -2.05. The molecule has 2 heterocycles. The molecule has 0 fully saturated rings. The van der Waals surface area contributed by atoms with Crippen molar-refractivity contribution in [3.63, 3.8) is 0 Å². The highest BCUT2D eigenvalue weighted by molar-refractivity contribution is 6.34. The molecule has 26 heavy (non-hydrogen) atoms. The number of nitrogens with one attached hydrogen (secondary N) is 1. The van der Waals surface area contributed by atoms with Crippen molar-refractivity contribution < 1.29 is 4.79 Å². The molecule has 5 nitrogen and oxygen atoms in total. The van der Waals surface area contributed by atoms with E-state index in [0.717, 1.165) is 16.3 Å². The third kappa shape index (κ3) is 3.43. The van der Waals surface area contributed by atoms with E-state index < -0.39 is 0 Å². The third-order valence-corrected chi connectivity index (χ3v) is 4.29. The molecule has 0 saturated heterocycles. The van der Waals surface area contributed by atoms with Crippen molar-refractivity contribution in [1.29, 1.82) is 0 Å². The van der Waals surface area contributed by atoms with Crippen molar-refractivity contribution in [2.24, 2.45) is 0 Å². The quantitative estimate of drug-likeness (QED) is 0.548. The molecule has 2 aromatic carbocycles. The van der Waals surface area contributed by atoms with Gasteiger partial charge in [-0.25, -0.2) is 4.98 Å². The van der Waals surface area contributed by atoms with E-state index >= 15 is 0 Å². The number of carbonyl (C=O) groups excluding carboxylic acids is 1. The molecule has 0 bridgehead atoms. The van der Waals surface area contributed by atoms with Crippen LogP contribution in [0.1, 0.15) is 16.1 Å². The fourth-order valence-electron chi connectivity index (χ4n) is 2.75. The number of benzene rings is 2. The summed E-state index contributed by atoms with van der Waals surface area (Å²) in [5.74, 6) is -0.322. The Kier molecular flexibility index (Phi) is 4.37. The Morgan fingerprint density at radius 2 is 1.85 bits per heavy atom. The third-order valence-electron chi connectivity index (χ3n) is 4.01. The number of anilines is 1. The van der Waals surface area contributed by atoms with Crippen LogP contribution in [0.4, 0.5) is 5.69 Å². The predicted molar refractivity (Wildman–Crippen MR) is 102 cm³/mol. The van der Waals surface area contributed by atoms with E-state index in [0.29, 0.717) is 17.4 Å². The zero-order chi connectivity index (χ0) is 17.9. The molecule has 1 N–H and O–H groups in total. The van der Waals surface area contributed by atoms with Crippen LogP contribution in [0.25, 0.3) is 10.8 Å². The van der Waals surface area contributed by atoms with Crippen LogP contribution in [0.3, 0.4) is 0 Å². The van der Waals surface area contributed by atoms with Gasteiger partial charge in [-0.1, -0.05) is 66.2 Å². The Hall–Kier alpha value is -3.18. The number of aromatic nitrogens is 3. The molecule has 4 rings (SSSR count). The Bertz CT molecular complexity index is 1080. The van der Waals surface area contributed by atoms with Gasteiger partial charge in [0.15, 0.2) is 0 Å². The fourth-order valence-corrected chi connectivity index (χ4v) is 3.02. The normalized spacial score (nSPS) is 10.8. The molecular formula is C20H15ClN4O. The van der Waals surface area contributed by atoms with E-state index in [2.05, 4.69) is 15.4 Å². The number of pyridine rings is 1. The smallest absolute Gasteiger partial charge is 0.274 e. The average Bonchev–Trinajstić information content (AvgIpc) is 3.09. The van der Waals surface area contributed by atoms with Crippen LogP contribution in [0.2, 0.25) is 5.15 Å². The minimum Gasteiger partial charge on any atom is -0.318 e. The summed E-state index contributed by atoms with van der Waals surface area (Å²) in [6.07, 6.45) is 3.40. The first-order valence-electron chi connectivity index (χ1n) is 8.12. The molecule has 0 aliphatic rings. The lowest BCUT2D eigenvalue weighted by Crippen LogP contribution is -2.13. The Labute approximate surface area is 155 Å². The van der Waals surface area contributed by atoms with Gasteiger partial charge in [0.1, 0.15) is 10.8 Å². The first-order valence-corrected chi connectivity index (χ1v) is 8.50. The van der Waals surface area contributed by atoms with Crippen LogP contribution in [0.15, 0.2) is 73.1 Å². The molecule has 0 saturated carbocycles. The van der Waals surface area contributed by atoms with E-state index in [1.165, 1.54) is 0 Å². The first-order chi connectivity index (χ1) is 12.7. The van der Waals surface area contributed by atoms with Crippen LogP contribution >= 0.6 is 11.6 Å². The van der Waals surface area contributed by atoms with Crippen LogP contribution in [-0.4, -0.2) is 20.7 Å². The summed E-state index contributed by atoms with van der Waals surface area (Å²) >= 11 is 6.20. The van der Waals surface area contributed by atoms with Crippen molar-refractivity contribution in [1.82, 2.24) is 14.8 Å². The predicted octanol–water partition coefficient (Wildman–Crippen LogP) is 4.39. The summed E-state index contributed by atoms with van der Waals surface area (Å²) in [4.78, 5) is 16.7. The number of nitrogens with zero attached hydrogens (tertiary/aromatic N) is 3. The first kappa shape index (κ1) is 16.3. The van der Waals surface area contributed by atoms with E-state index in [-0.39, 0.29) is 11.6 Å². The number of halogens is 1. The number of carbonyl (C=O) groups is 1. The van der Waals surface area contributed by atoms with Crippen LogP contribution in [0.5, 0.6) is 0 Å². The Morgan fingerprint density at radius 1 is 1.08 bits per heavy atom. The topological polar surface area (TPSA) is 59.8 Å². The second kappa shape index (κ2) is 6.98. The van der Waals surface area contributed by atoms with Crippen molar-refractivity contribution in [2.75, 3.05) is 5.32 Å². The number of rotatable bonds is 4. The second-order valence-corrected chi connectivity index (χ2v) is 6.24. The average molecular weight is 363 g/mol. The SMILES string of the molecule is O=C(Nc1cnn(Cc2ccccc2)c1)c1cc2ccccc2c(Cl)n1. The largest absolute Gasteiger partial charge is 0.318 e. The number of hydrogen-bond donors (Lipinski definition) is 1. The van der Waals surface area contributed by atoms with Crippen LogP contribution in [0, 0.1) is 0 Å². The summed E-state index contributed by atoms with van der Waals surface area (Å²) in [5.41, 5.74) is 2.01. The van der Waals surface area contributed by atoms with Gasteiger partial charge in [0, 0.05) is 11.6 Å². The van der Waals surface area contributed by atoms with Crippen molar-refractivity contribution in [3.05, 3.63) is 89.5 Å². The molecule has 128 valence electrons. The van der Waals surface area contributed by atoms with E-state index in [1.807, 2.05) is 54.6 Å². The summed E-state index contributed by atoms with van der Waals surface area (Å²) in [6, 6.07) is 19.3. The Balaban J connectivity index is 1.52. The van der Waals surface area contributed by atoms with Gasteiger partial charge in [-0.3, -0.25) is 9.48 Å². The van der Waals surface area contributed by atoms with Gasteiger partial charge in [-0.05, 0) is 17.0 Å². The molecular weight excluding hydrogens is 348 g/mol. The van der Waals surface area contributed by atoms with E-state index in [4.69, 9.17) is 11.6 Å². The van der Waals surface area contributed by atoms with Gasteiger partial charge in [-0.2, -0.15) is 5.10 Å². The summed E-state index contributed by atoms with van der Waals surface area (Å²) in [6.45, 7) is 0.636. The summed E-state index contributed by atoms with van der Waals surface area (Å²) in [7, 11) is 0. The van der Waals surface area contributed by atoms with Crippen molar-refractivity contribution in [2.45, 2.75) is 6.54 Å². The molecule has 1 amide bonds. The minimum atomic E-state index is -0.322. The maximum Gasteiger partial charge on any atom is 0.274 e. The van der Waals surface area contributed by atoms with Gasteiger partial charge >= 0.3 is 0 Å². The number of hydrogen-bond acceptors (Lipinski definition) is 3. The van der Waals surface area contributed by atoms with Crippen LogP contribution in [-0.2, 0) is 6.54 Å². The molecule has 0 atom stereocenters. The zero-order valence-electron chi connectivity index (χ0n) is 13.8. The van der Waals surface area contributed by atoms with Crippen molar-refractivity contribution in [3.8, 4) is 0 Å². The molecule has 0 aliphatic heterocycles. The molecule has 2 aromatic heterocycles. The highest BCUT2D eigenvalue weighted by Gasteiger charge is 2.12. The molecule has 0 unspecified atom stereocenters. The second-order valence-electron chi connectivity index (χ2n) is 5.89. The lowest BCUT2D eigenvalue weighted by atomic mass is 10.1. The van der Waals surface area contributed by atoms with Gasteiger partial charge in [0.05, 0.1) is 18.4 Å². The molecule has 0 spiro atoms. The number of amides is 1. The minimum absolute atomic E-state index is 0.268. The van der Waals surface area contributed by atoms with Gasteiger partial charge in [0.25, 0.3) is 5.91 Å². The fraction of sp³-hybridized carbons (Fsp3) is 0.0500. The molecule has 6 heteroatoms. The van der Waals surface area contributed by atoms with Crippen LogP contribution < -0.4 is 5.32 Å². The van der Waals surface area contributed by atoms with Crippen molar-refractivity contribution >= 4 is 34.0 Å². The Morgan fingerprint density at radius 3 is 2.69 bits per heavy atom. The lowest BCUT2D eigenvalue weighted by molar-refractivity contribution is 0.102. The standard InChI is InChI=1S/C20H15ClN4O/c21-19-17-9-5-4-8-15(17)10-18(24-19)20(26)23-16-11-22-25(13-16)12-14-6-2-1-3-7-14/h1-11,13H,12H2,(H,23,26). The van der Waals surface area contributed by atoms with Gasteiger partial charge in [0.2, 0.25) is 0 Å². The highest BCUT2D eigenvalue weighted by atomic mass is 35.5. The molecule has 0 radical (unpaired) electrons. The zero-order valence-corrected chi connectivity index (χ0v) is 14.5. The molecule has 0 aliphatic carbocycles. The summed E-state index contributed by atoms with van der Waals surface area (Å²) < 4.78 is 1.77. The monoisotopic (exact) mass is 362 g/mol. The highest BCUT2D eigenvalue weighted by Crippen LogP contribution is 2.22.